The summed E-state index contributed by atoms with van der Waals surface area (Å²) >= 11 is 4.06. The highest BCUT2D eigenvalue weighted by Crippen LogP contribution is 2.54. The van der Waals surface area contributed by atoms with Gasteiger partial charge in [-0.25, -0.2) is 15.0 Å². The number of thiol groups is 1. The molecule has 0 aliphatic heterocycles. The number of H-pyrrole nitrogens is 1. The number of aromatic nitrogens is 4. The first-order chi connectivity index (χ1) is 10.1. The Kier molecular flexibility index (Phi) is 3.62. The van der Waals surface area contributed by atoms with Crippen molar-refractivity contribution in [2.75, 3.05) is 19.2 Å². The van der Waals surface area contributed by atoms with Crippen LogP contribution in [0.4, 0.5) is 0 Å². The molecule has 0 radical (unpaired) electrons. The monoisotopic (exact) mass is 311 g/mol. The molecule has 9 heteroatoms. The van der Waals surface area contributed by atoms with Crippen molar-refractivity contribution >= 4 is 23.8 Å². The summed E-state index contributed by atoms with van der Waals surface area (Å²) in [4.78, 5) is 15.4. The van der Waals surface area contributed by atoms with E-state index in [1.165, 1.54) is 12.7 Å². The van der Waals surface area contributed by atoms with E-state index in [0.717, 1.165) is 0 Å². The van der Waals surface area contributed by atoms with Crippen LogP contribution in [0, 0.1) is 5.92 Å². The van der Waals surface area contributed by atoms with Gasteiger partial charge in [0.15, 0.2) is 5.65 Å². The predicted octanol–water partition coefficient (Wildman–Crippen LogP) is -0.846. The molecule has 1 aliphatic carbocycles. The van der Waals surface area contributed by atoms with Gasteiger partial charge in [-0.3, -0.25) is 0 Å². The second-order valence-corrected chi connectivity index (χ2v) is 5.46. The highest BCUT2D eigenvalue weighted by Gasteiger charge is 2.66. The highest BCUT2D eigenvalue weighted by molar-refractivity contribution is 7.80. The van der Waals surface area contributed by atoms with Crippen molar-refractivity contribution < 1.29 is 14.9 Å². The third kappa shape index (κ3) is 1.82. The zero-order chi connectivity index (χ0) is 15.1. The number of aliphatic hydroxyl groups excluding tert-OH is 2. The normalized spacial score (nSPS) is 32.3. The van der Waals surface area contributed by atoms with Gasteiger partial charge in [0.1, 0.15) is 17.4 Å². The van der Waals surface area contributed by atoms with E-state index in [1.54, 1.807) is 0 Å². The van der Waals surface area contributed by atoms with Crippen molar-refractivity contribution in [2.24, 2.45) is 11.7 Å². The van der Waals surface area contributed by atoms with E-state index in [2.05, 4.69) is 32.6 Å². The summed E-state index contributed by atoms with van der Waals surface area (Å²) in [5.74, 6) is -0.208. The summed E-state index contributed by atoms with van der Waals surface area (Å²) < 4.78 is 5.65. The molecule has 2 heterocycles. The van der Waals surface area contributed by atoms with E-state index in [-0.39, 0.29) is 25.1 Å². The number of rotatable bonds is 5. The molecule has 1 fully saturated rings. The maximum Gasteiger partial charge on any atom is 0.180 e. The Balaban J connectivity index is 2.13. The summed E-state index contributed by atoms with van der Waals surface area (Å²) in [5, 5.41) is 19.4. The number of imidazole rings is 1. The molecule has 0 aromatic carbocycles. The van der Waals surface area contributed by atoms with Gasteiger partial charge >= 0.3 is 0 Å². The van der Waals surface area contributed by atoms with Gasteiger partial charge < -0.3 is 25.7 Å². The minimum absolute atomic E-state index is 0.0766. The molecule has 3 rings (SSSR count). The van der Waals surface area contributed by atoms with Gasteiger partial charge in [0, 0.05) is 12.5 Å². The van der Waals surface area contributed by atoms with Crippen molar-refractivity contribution in [3.8, 4) is 0 Å². The number of nitrogens with two attached hydrogens (primary N) is 1. The Bertz CT molecular complexity index is 653. The van der Waals surface area contributed by atoms with Gasteiger partial charge in [0.2, 0.25) is 0 Å². The largest absolute Gasteiger partial charge is 0.396 e. The Labute approximate surface area is 126 Å². The van der Waals surface area contributed by atoms with Crippen LogP contribution in [0.15, 0.2) is 12.7 Å². The molecule has 1 saturated carbocycles. The number of hydrogen-bond donors (Lipinski definition) is 5. The summed E-state index contributed by atoms with van der Waals surface area (Å²) in [7, 11) is 0. The Morgan fingerprint density at radius 1 is 1.43 bits per heavy atom. The summed E-state index contributed by atoms with van der Waals surface area (Å²) in [6.45, 7) is -0.473. The lowest BCUT2D eigenvalue weighted by molar-refractivity contribution is -0.227. The van der Waals surface area contributed by atoms with E-state index >= 15 is 0 Å². The van der Waals surface area contributed by atoms with Crippen LogP contribution in [0.3, 0.4) is 0 Å². The molecule has 8 nitrogen and oxygen atoms in total. The quantitative estimate of drug-likeness (QED) is 0.359. The number of nitrogens with zero attached hydrogens (tertiary/aromatic N) is 3. The molecule has 3 atom stereocenters. The minimum Gasteiger partial charge on any atom is -0.396 e. The molecule has 1 aliphatic rings. The number of hydrogen-bond acceptors (Lipinski definition) is 8. The second-order valence-electron chi connectivity index (χ2n) is 5.20. The first kappa shape index (κ1) is 14.7. The molecule has 0 spiro atoms. The van der Waals surface area contributed by atoms with Crippen molar-refractivity contribution in [3.63, 3.8) is 0 Å². The molecule has 5 N–H and O–H groups in total. The lowest BCUT2D eigenvalue weighted by Gasteiger charge is -2.60. The van der Waals surface area contributed by atoms with Gasteiger partial charge in [0.05, 0.1) is 30.1 Å². The van der Waals surface area contributed by atoms with Crippen molar-refractivity contribution in [3.05, 3.63) is 18.3 Å². The number of fused-ring (bicyclic) bond motifs is 1. The lowest BCUT2D eigenvalue weighted by atomic mass is 9.54. The molecule has 2 aromatic rings. The molecule has 3 unspecified atom stereocenters. The van der Waals surface area contributed by atoms with Gasteiger partial charge in [-0.1, -0.05) is 0 Å². The Hall–Kier alpha value is -1.26. The fourth-order valence-corrected chi connectivity index (χ4v) is 3.48. The van der Waals surface area contributed by atoms with E-state index in [9.17, 15) is 10.2 Å². The lowest BCUT2D eigenvalue weighted by Crippen LogP contribution is -2.75. The van der Waals surface area contributed by atoms with E-state index < -0.39 is 11.1 Å². The van der Waals surface area contributed by atoms with Gasteiger partial charge in [-0.2, -0.15) is 12.6 Å². The standard InChI is InChI=1S/C12H17N5O3S/c13-11(1-7(2-18)12(11,3-19)20-6-21)9-8-10(16-4-14-8)17-5-15-9/h4-5,7,18-19,21H,1-3,6,13H2,(H,14,15,16,17). The minimum atomic E-state index is -1.13. The SMILES string of the molecule is NC1(c2ncnc3nc[nH]c23)CC(CO)C1(CO)OCS. The average molecular weight is 311 g/mol. The number of aliphatic hydroxyl groups is 2. The fraction of sp³-hybridized carbons (Fsp3) is 0.583. The zero-order valence-electron chi connectivity index (χ0n) is 11.2. The molecule has 0 saturated heterocycles. The molecular weight excluding hydrogens is 294 g/mol. The number of aromatic amines is 1. The van der Waals surface area contributed by atoms with Crippen LogP contribution in [0.1, 0.15) is 12.1 Å². The first-order valence-corrected chi connectivity index (χ1v) is 7.16. The molecule has 114 valence electrons. The van der Waals surface area contributed by atoms with Crippen molar-refractivity contribution in [2.45, 2.75) is 17.6 Å². The topological polar surface area (TPSA) is 130 Å². The third-order valence-electron chi connectivity index (χ3n) is 4.41. The predicted molar refractivity (Wildman–Crippen MR) is 77.5 cm³/mol. The van der Waals surface area contributed by atoms with Crippen LogP contribution in [-0.2, 0) is 10.3 Å². The molecule has 2 aromatic heterocycles. The van der Waals surface area contributed by atoms with E-state index in [1.807, 2.05) is 0 Å². The summed E-state index contributed by atoms with van der Waals surface area (Å²) in [5.41, 5.74) is 5.97. The van der Waals surface area contributed by atoms with Crippen LogP contribution in [0.25, 0.3) is 11.2 Å². The van der Waals surface area contributed by atoms with E-state index in [0.29, 0.717) is 23.3 Å². The van der Waals surface area contributed by atoms with E-state index in [4.69, 9.17) is 10.5 Å². The van der Waals surface area contributed by atoms with Crippen LogP contribution in [0.2, 0.25) is 0 Å². The molecule has 0 bridgehead atoms. The maximum atomic E-state index is 9.87. The van der Waals surface area contributed by atoms with Crippen LogP contribution >= 0.6 is 12.6 Å². The zero-order valence-corrected chi connectivity index (χ0v) is 12.1. The van der Waals surface area contributed by atoms with Crippen LogP contribution in [0.5, 0.6) is 0 Å². The average Bonchev–Trinajstić information content (AvgIpc) is 2.97. The first-order valence-electron chi connectivity index (χ1n) is 6.53. The fourth-order valence-electron chi connectivity index (χ4n) is 3.25. The Morgan fingerprint density at radius 2 is 2.24 bits per heavy atom. The van der Waals surface area contributed by atoms with Crippen molar-refractivity contribution in [1.82, 2.24) is 19.9 Å². The van der Waals surface area contributed by atoms with Crippen LogP contribution in [-0.4, -0.2) is 54.9 Å². The second kappa shape index (κ2) is 5.18. The third-order valence-corrected chi connectivity index (χ3v) is 4.54. The summed E-state index contributed by atoms with van der Waals surface area (Å²) in [6, 6.07) is 0. The van der Waals surface area contributed by atoms with Crippen LogP contribution < -0.4 is 5.73 Å². The van der Waals surface area contributed by atoms with Gasteiger partial charge in [0.25, 0.3) is 0 Å². The molecule has 21 heavy (non-hydrogen) atoms. The maximum absolute atomic E-state index is 9.87. The molecular formula is C12H17N5O3S. The number of ether oxygens (including phenoxy) is 1. The summed E-state index contributed by atoms with van der Waals surface area (Å²) in [6.07, 6.45) is 3.32. The number of nitrogens with one attached hydrogen (secondary N) is 1. The van der Waals surface area contributed by atoms with Gasteiger partial charge in [-0.15, -0.1) is 0 Å². The Morgan fingerprint density at radius 3 is 2.90 bits per heavy atom. The highest BCUT2D eigenvalue weighted by atomic mass is 32.1. The van der Waals surface area contributed by atoms with Crippen molar-refractivity contribution in [1.29, 1.82) is 0 Å². The molecule has 0 amide bonds. The van der Waals surface area contributed by atoms with Gasteiger partial charge in [-0.05, 0) is 6.42 Å². The smallest absolute Gasteiger partial charge is 0.180 e.